The Morgan fingerprint density at radius 2 is 2.00 bits per heavy atom. The van der Waals surface area contributed by atoms with Crippen LogP contribution in [0.25, 0.3) is 6.08 Å². The third-order valence-electron chi connectivity index (χ3n) is 4.61. The van der Waals surface area contributed by atoms with E-state index in [4.69, 9.17) is 18.9 Å². The zero-order valence-electron chi connectivity index (χ0n) is 14.0. The normalized spacial score (nSPS) is 21.0. The summed E-state index contributed by atoms with van der Waals surface area (Å²) in [7, 11) is 1.68. The first kappa shape index (κ1) is 14.9. The number of fused-ring (bicyclic) bond motifs is 3. The number of rotatable bonds is 3. The lowest BCUT2D eigenvalue weighted by molar-refractivity contribution is 0.0990. The van der Waals surface area contributed by atoms with Crippen LogP contribution in [0.15, 0.2) is 36.4 Å². The van der Waals surface area contributed by atoms with E-state index in [0.717, 1.165) is 39.7 Å². The zero-order valence-corrected chi connectivity index (χ0v) is 14.0. The van der Waals surface area contributed by atoms with Gasteiger partial charge in [0, 0.05) is 23.1 Å². The van der Waals surface area contributed by atoms with Gasteiger partial charge in [-0.1, -0.05) is 19.1 Å². The Morgan fingerprint density at radius 1 is 1.12 bits per heavy atom. The maximum atomic E-state index is 6.30. The number of benzene rings is 2. The quantitative estimate of drug-likeness (QED) is 0.820. The van der Waals surface area contributed by atoms with Gasteiger partial charge in [-0.25, -0.2) is 0 Å². The van der Waals surface area contributed by atoms with E-state index in [1.54, 1.807) is 7.11 Å². The van der Waals surface area contributed by atoms with Crippen molar-refractivity contribution >= 4 is 6.08 Å². The van der Waals surface area contributed by atoms with E-state index in [2.05, 4.69) is 19.1 Å². The van der Waals surface area contributed by atoms with Crippen molar-refractivity contribution in [1.82, 2.24) is 0 Å². The summed E-state index contributed by atoms with van der Waals surface area (Å²) in [5, 5.41) is 0. The Hall–Kier alpha value is -2.62. The van der Waals surface area contributed by atoms with Crippen molar-refractivity contribution in [2.24, 2.45) is 0 Å². The van der Waals surface area contributed by atoms with Gasteiger partial charge >= 0.3 is 0 Å². The first-order valence-corrected chi connectivity index (χ1v) is 8.12. The van der Waals surface area contributed by atoms with Crippen LogP contribution in [0.2, 0.25) is 0 Å². The van der Waals surface area contributed by atoms with E-state index < -0.39 is 0 Å². The first-order chi connectivity index (χ1) is 11.7. The lowest BCUT2D eigenvalue weighted by Crippen LogP contribution is -2.15. The fraction of sp³-hybridized carbons (Fsp3) is 0.300. The molecule has 2 heterocycles. The molecule has 4 nitrogen and oxygen atoms in total. The molecule has 0 fully saturated rings. The molecule has 2 aromatic carbocycles. The summed E-state index contributed by atoms with van der Waals surface area (Å²) in [5.74, 6) is 3.45. The maximum absolute atomic E-state index is 6.30. The Balaban J connectivity index is 1.76. The Kier molecular flexibility index (Phi) is 3.60. The highest BCUT2D eigenvalue weighted by atomic mass is 16.7. The van der Waals surface area contributed by atoms with E-state index in [9.17, 15) is 0 Å². The van der Waals surface area contributed by atoms with Gasteiger partial charge in [-0.2, -0.15) is 0 Å². The van der Waals surface area contributed by atoms with Crippen molar-refractivity contribution in [3.63, 3.8) is 0 Å². The summed E-state index contributed by atoms with van der Waals surface area (Å²) < 4.78 is 22.9. The molecule has 24 heavy (non-hydrogen) atoms. The molecule has 2 atom stereocenters. The summed E-state index contributed by atoms with van der Waals surface area (Å²) in [6.45, 7) is 4.43. The molecule has 2 unspecified atom stereocenters. The van der Waals surface area contributed by atoms with Crippen molar-refractivity contribution in [3.05, 3.63) is 53.1 Å². The Labute approximate surface area is 141 Å². The lowest BCUT2D eigenvalue weighted by atomic mass is 9.91. The largest absolute Gasteiger partial charge is 0.493 e. The molecule has 0 aromatic heterocycles. The molecule has 2 aliphatic rings. The van der Waals surface area contributed by atoms with Crippen LogP contribution in [-0.4, -0.2) is 13.9 Å². The van der Waals surface area contributed by atoms with Crippen molar-refractivity contribution in [3.8, 4) is 23.0 Å². The molecular formula is C20H20O4. The molecule has 2 aliphatic heterocycles. The van der Waals surface area contributed by atoms with Gasteiger partial charge in [0.1, 0.15) is 17.6 Å². The van der Waals surface area contributed by atoms with Gasteiger partial charge in [0.2, 0.25) is 6.79 Å². The van der Waals surface area contributed by atoms with Crippen molar-refractivity contribution in [2.45, 2.75) is 25.9 Å². The zero-order chi connectivity index (χ0) is 16.7. The highest BCUT2D eigenvalue weighted by molar-refractivity contribution is 5.62. The average molecular weight is 324 g/mol. The number of methoxy groups -OCH3 is 1. The van der Waals surface area contributed by atoms with Crippen LogP contribution in [0.1, 0.15) is 42.6 Å². The van der Waals surface area contributed by atoms with Gasteiger partial charge in [0.25, 0.3) is 0 Å². The molecule has 0 radical (unpaired) electrons. The summed E-state index contributed by atoms with van der Waals surface area (Å²) in [6, 6.07) is 10.1. The molecule has 2 bridgehead atoms. The predicted molar refractivity (Wildman–Crippen MR) is 92.1 cm³/mol. The van der Waals surface area contributed by atoms with Gasteiger partial charge in [-0.3, -0.25) is 0 Å². The number of allylic oxidation sites excluding steroid dienone is 1. The monoisotopic (exact) mass is 324 g/mol. The second-order valence-electron chi connectivity index (χ2n) is 6.07. The molecule has 0 amide bonds. The van der Waals surface area contributed by atoms with E-state index >= 15 is 0 Å². The molecule has 124 valence electrons. The second-order valence-corrected chi connectivity index (χ2v) is 6.07. The molecule has 0 N–H and O–H groups in total. The highest BCUT2D eigenvalue weighted by Crippen LogP contribution is 2.52. The lowest BCUT2D eigenvalue weighted by Gasteiger charge is -2.23. The third-order valence-corrected chi connectivity index (χ3v) is 4.61. The summed E-state index contributed by atoms with van der Waals surface area (Å²) in [5.41, 5.74) is 3.32. The van der Waals surface area contributed by atoms with Gasteiger partial charge < -0.3 is 18.9 Å². The van der Waals surface area contributed by atoms with E-state index in [1.807, 2.05) is 37.3 Å². The van der Waals surface area contributed by atoms with Gasteiger partial charge in [0.05, 0.1) is 7.11 Å². The Morgan fingerprint density at radius 3 is 2.79 bits per heavy atom. The summed E-state index contributed by atoms with van der Waals surface area (Å²) in [6.07, 6.45) is 3.99. The minimum absolute atomic E-state index is 0.100. The number of hydrogen-bond donors (Lipinski definition) is 0. The maximum Gasteiger partial charge on any atom is 0.230 e. The van der Waals surface area contributed by atoms with E-state index in [-0.39, 0.29) is 18.8 Å². The Bertz CT molecular complexity index is 810. The van der Waals surface area contributed by atoms with Crippen molar-refractivity contribution < 1.29 is 18.9 Å². The molecule has 0 saturated heterocycles. The summed E-state index contributed by atoms with van der Waals surface area (Å²) in [4.78, 5) is 0. The molecule has 2 aromatic rings. The smallest absolute Gasteiger partial charge is 0.230 e. The summed E-state index contributed by atoms with van der Waals surface area (Å²) >= 11 is 0. The molecule has 0 spiro atoms. The minimum atomic E-state index is -0.100. The van der Waals surface area contributed by atoms with Crippen LogP contribution in [0.3, 0.4) is 0 Å². The predicted octanol–water partition coefficient (Wildman–Crippen LogP) is 4.69. The third kappa shape index (κ3) is 2.30. The van der Waals surface area contributed by atoms with Crippen LogP contribution >= 0.6 is 0 Å². The van der Waals surface area contributed by atoms with Crippen LogP contribution in [0.5, 0.6) is 23.0 Å². The fourth-order valence-corrected chi connectivity index (χ4v) is 3.40. The minimum Gasteiger partial charge on any atom is -0.493 e. The van der Waals surface area contributed by atoms with Crippen LogP contribution < -0.4 is 18.9 Å². The van der Waals surface area contributed by atoms with Gasteiger partial charge in [0.15, 0.2) is 11.5 Å². The van der Waals surface area contributed by atoms with Crippen molar-refractivity contribution in [2.75, 3.05) is 13.9 Å². The second kappa shape index (κ2) is 5.78. The van der Waals surface area contributed by atoms with Crippen LogP contribution in [0, 0.1) is 0 Å². The van der Waals surface area contributed by atoms with Crippen LogP contribution in [-0.2, 0) is 0 Å². The molecule has 4 rings (SSSR count). The topological polar surface area (TPSA) is 36.9 Å². The molecule has 4 heteroatoms. The van der Waals surface area contributed by atoms with Crippen molar-refractivity contribution in [1.29, 1.82) is 0 Å². The van der Waals surface area contributed by atoms with Gasteiger partial charge in [-0.05, 0) is 36.8 Å². The average Bonchev–Trinajstić information content (AvgIpc) is 2.92. The molecule has 0 saturated carbocycles. The van der Waals surface area contributed by atoms with Crippen LogP contribution in [0.4, 0.5) is 0 Å². The molecule has 0 aliphatic carbocycles. The number of hydrogen-bond acceptors (Lipinski definition) is 4. The first-order valence-electron chi connectivity index (χ1n) is 8.12. The number of ether oxygens (including phenoxy) is 4. The highest BCUT2D eigenvalue weighted by Gasteiger charge is 2.37. The standard InChI is InChI=1S/C20H20O4/c1-4-5-13-8-16-12(2)19(24-20(16)18(9-13)21-3)15-7-6-14-10-17(15)23-11-22-14/h4-10,12,19H,11H2,1-3H3/b5-4+. The molecular weight excluding hydrogens is 304 g/mol. The van der Waals surface area contributed by atoms with E-state index in [1.165, 1.54) is 0 Å². The fourth-order valence-electron chi connectivity index (χ4n) is 3.40. The SMILES string of the molecule is C/C=C/c1cc(OC)c2c(c1)C(C)C(c1ccc3cc1OCO3)O2. The van der Waals surface area contributed by atoms with E-state index in [0.29, 0.717) is 0 Å². The van der Waals surface area contributed by atoms with Gasteiger partial charge in [-0.15, -0.1) is 0 Å².